The number of carbonyl (C=O) groups is 2. The summed E-state index contributed by atoms with van der Waals surface area (Å²) in [5.41, 5.74) is 3.03. The van der Waals surface area contributed by atoms with Crippen LogP contribution in [0.25, 0.3) is 16.8 Å². The molecule has 0 amide bonds. The lowest BCUT2D eigenvalue weighted by Crippen LogP contribution is -2.31. The third-order valence-electron chi connectivity index (χ3n) is 6.26. The van der Waals surface area contributed by atoms with E-state index in [1.807, 2.05) is 55.5 Å². The molecule has 2 aromatic heterocycles. The largest absolute Gasteiger partial charge is 0.477 e. The van der Waals surface area contributed by atoms with E-state index in [0.717, 1.165) is 26.9 Å². The van der Waals surface area contributed by atoms with Gasteiger partial charge in [0.2, 0.25) is 0 Å². The van der Waals surface area contributed by atoms with Crippen LogP contribution in [-0.2, 0) is 13.0 Å². The number of imidazole rings is 1. The summed E-state index contributed by atoms with van der Waals surface area (Å²) in [4.78, 5) is 39.0. The Balaban J connectivity index is 1.54. The number of tetrazole rings is 1. The van der Waals surface area contributed by atoms with Gasteiger partial charge in [0, 0.05) is 11.1 Å². The highest BCUT2D eigenvalue weighted by Crippen LogP contribution is 2.26. The zero-order chi connectivity index (χ0) is 26.6. The fourth-order valence-electron chi connectivity index (χ4n) is 4.52. The highest BCUT2D eigenvalue weighted by atomic mass is 16.4. The van der Waals surface area contributed by atoms with E-state index < -0.39 is 17.6 Å². The molecule has 0 unspecified atom stereocenters. The van der Waals surface area contributed by atoms with Crippen LogP contribution in [0.4, 0.5) is 0 Å². The van der Waals surface area contributed by atoms with Gasteiger partial charge >= 0.3 is 11.7 Å². The van der Waals surface area contributed by atoms with Crippen LogP contribution in [0.5, 0.6) is 0 Å². The molecule has 5 aromatic rings. The number of hydrogen-bond donors (Lipinski definition) is 1. The van der Waals surface area contributed by atoms with Crippen LogP contribution in [0.3, 0.4) is 0 Å². The maximum absolute atomic E-state index is 13.5. The SMILES string of the molecule is CCCc1c(C(=O)O)n(C(=O)c2ccccc2)c(=O)n1Cc1ccc(-c2ccccc2-n2cnnn2)cc1. The van der Waals surface area contributed by atoms with Gasteiger partial charge in [0.15, 0.2) is 5.69 Å². The Morgan fingerprint density at radius 2 is 1.63 bits per heavy atom. The van der Waals surface area contributed by atoms with Gasteiger partial charge in [0.05, 0.1) is 17.9 Å². The van der Waals surface area contributed by atoms with Crippen molar-refractivity contribution in [3.8, 4) is 16.8 Å². The van der Waals surface area contributed by atoms with Crippen LogP contribution in [0.2, 0.25) is 0 Å². The van der Waals surface area contributed by atoms with E-state index >= 15 is 0 Å². The lowest BCUT2D eigenvalue weighted by Gasteiger charge is -2.11. The molecule has 0 bridgehead atoms. The molecular formula is C28H24N6O4. The molecule has 0 aliphatic heterocycles. The van der Waals surface area contributed by atoms with Gasteiger partial charge in [-0.2, -0.15) is 4.68 Å². The Labute approximate surface area is 217 Å². The number of rotatable bonds is 8. The second kappa shape index (κ2) is 10.5. The summed E-state index contributed by atoms with van der Waals surface area (Å²) in [6.45, 7) is 2.02. The zero-order valence-electron chi connectivity index (χ0n) is 20.6. The monoisotopic (exact) mass is 508 g/mol. The number of carboxylic acid groups (broad SMARTS) is 1. The minimum atomic E-state index is -1.32. The summed E-state index contributed by atoms with van der Waals surface area (Å²) in [6, 6.07) is 23.5. The molecule has 3 aromatic carbocycles. The molecule has 0 aliphatic rings. The van der Waals surface area contributed by atoms with Gasteiger partial charge < -0.3 is 5.11 Å². The van der Waals surface area contributed by atoms with Crippen LogP contribution >= 0.6 is 0 Å². The average Bonchev–Trinajstić information content (AvgIpc) is 3.57. The summed E-state index contributed by atoms with van der Waals surface area (Å²) in [7, 11) is 0. The van der Waals surface area contributed by atoms with Gasteiger partial charge in [0.1, 0.15) is 6.33 Å². The quantitative estimate of drug-likeness (QED) is 0.339. The molecular weight excluding hydrogens is 484 g/mol. The highest BCUT2D eigenvalue weighted by molar-refractivity contribution is 6.01. The maximum atomic E-state index is 13.5. The van der Waals surface area contributed by atoms with Crippen molar-refractivity contribution in [1.29, 1.82) is 0 Å². The Morgan fingerprint density at radius 3 is 2.29 bits per heavy atom. The molecule has 0 saturated heterocycles. The van der Waals surface area contributed by atoms with Crippen LogP contribution in [0, 0.1) is 0 Å². The van der Waals surface area contributed by atoms with Gasteiger partial charge in [-0.1, -0.05) is 74.0 Å². The van der Waals surface area contributed by atoms with Gasteiger partial charge in [-0.15, -0.1) is 5.10 Å². The fourth-order valence-corrected chi connectivity index (χ4v) is 4.52. The molecule has 38 heavy (non-hydrogen) atoms. The molecule has 0 spiro atoms. The van der Waals surface area contributed by atoms with E-state index in [0.29, 0.717) is 18.5 Å². The average molecular weight is 509 g/mol. The third-order valence-corrected chi connectivity index (χ3v) is 6.26. The summed E-state index contributed by atoms with van der Waals surface area (Å²) in [5.74, 6) is -1.98. The fraction of sp³-hybridized carbons (Fsp3) is 0.143. The lowest BCUT2D eigenvalue weighted by molar-refractivity contribution is 0.0674. The second-order valence-corrected chi connectivity index (χ2v) is 8.69. The van der Waals surface area contributed by atoms with Crippen molar-refractivity contribution in [2.45, 2.75) is 26.3 Å². The van der Waals surface area contributed by atoms with Gasteiger partial charge in [-0.05, 0) is 46.2 Å². The van der Waals surface area contributed by atoms with E-state index in [4.69, 9.17) is 0 Å². The summed E-state index contributed by atoms with van der Waals surface area (Å²) in [6.07, 6.45) is 2.47. The van der Waals surface area contributed by atoms with Crippen LogP contribution in [0.15, 0.2) is 90.0 Å². The lowest BCUT2D eigenvalue weighted by atomic mass is 10.0. The first-order valence-electron chi connectivity index (χ1n) is 12.1. The first-order chi connectivity index (χ1) is 18.5. The van der Waals surface area contributed by atoms with Crippen molar-refractivity contribution in [1.82, 2.24) is 29.3 Å². The minimum Gasteiger partial charge on any atom is -0.477 e. The number of aromatic carboxylic acids is 1. The molecule has 190 valence electrons. The number of benzene rings is 3. The van der Waals surface area contributed by atoms with Crippen molar-refractivity contribution in [3.63, 3.8) is 0 Å². The molecule has 1 N–H and O–H groups in total. The van der Waals surface area contributed by atoms with Gasteiger partial charge in [-0.3, -0.25) is 9.36 Å². The van der Waals surface area contributed by atoms with Crippen LogP contribution in [0.1, 0.15) is 45.4 Å². The molecule has 0 atom stereocenters. The summed E-state index contributed by atoms with van der Waals surface area (Å²) in [5, 5.41) is 21.4. The molecule has 5 rings (SSSR count). The molecule has 10 nitrogen and oxygen atoms in total. The molecule has 0 fully saturated rings. The molecule has 0 aliphatic carbocycles. The topological polar surface area (TPSA) is 125 Å². The van der Waals surface area contributed by atoms with Gasteiger partial charge in [0.25, 0.3) is 5.91 Å². The summed E-state index contributed by atoms with van der Waals surface area (Å²) >= 11 is 0. The number of para-hydroxylation sites is 1. The number of nitrogens with zero attached hydrogens (tertiary/aromatic N) is 6. The Bertz CT molecular complexity index is 1650. The Kier molecular flexibility index (Phi) is 6.77. The van der Waals surface area contributed by atoms with Crippen LogP contribution < -0.4 is 5.69 Å². The van der Waals surface area contributed by atoms with Crippen molar-refractivity contribution in [2.75, 3.05) is 0 Å². The minimum absolute atomic E-state index is 0.123. The van der Waals surface area contributed by atoms with Crippen molar-refractivity contribution in [2.24, 2.45) is 0 Å². The van der Waals surface area contributed by atoms with E-state index in [1.54, 1.807) is 35.0 Å². The number of aromatic nitrogens is 6. The number of carboxylic acids is 1. The Hall–Kier alpha value is -5.12. The first kappa shape index (κ1) is 24.6. The number of hydrogen-bond acceptors (Lipinski definition) is 6. The third kappa shape index (κ3) is 4.55. The first-order valence-corrected chi connectivity index (χ1v) is 12.1. The van der Waals surface area contributed by atoms with Crippen molar-refractivity contribution >= 4 is 11.9 Å². The van der Waals surface area contributed by atoms with Crippen molar-refractivity contribution < 1.29 is 14.7 Å². The molecule has 0 radical (unpaired) electrons. The van der Waals surface area contributed by atoms with E-state index in [9.17, 15) is 19.5 Å². The van der Waals surface area contributed by atoms with Crippen molar-refractivity contribution in [3.05, 3.63) is 118 Å². The zero-order valence-corrected chi connectivity index (χ0v) is 20.6. The van der Waals surface area contributed by atoms with E-state index in [2.05, 4.69) is 15.5 Å². The second-order valence-electron chi connectivity index (χ2n) is 8.69. The maximum Gasteiger partial charge on any atom is 0.354 e. The smallest absolute Gasteiger partial charge is 0.354 e. The summed E-state index contributed by atoms with van der Waals surface area (Å²) < 4.78 is 3.75. The molecule has 0 saturated carbocycles. The van der Waals surface area contributed by atoms with Gasteiger partial charge in [-0.25, -0.2) is 14.2 Å². The predicted molar refractivity (Wildman–Crippen MR) is 140 cm³/mol. The van der Waals surface area contributed by atoms with Crippen LogP contribution in [-0.4, -0.2) is 46.3 Å². The van der Waals surface area contributed by atoms with E-state index in [-0.39, 0.29) is 17.8 Å². The molecule has 2 heterocycles. The Morgan fingerprint density at radius 1 is 0.921 bits per heavy atom. The highest BCUT2D eigenvalue weighted by Gasteiger charge is 2.28. The standard InChI is InChI=1S/C28H24N6O4/c1-2-8-24-25(27(36)37)34(26(35)21-9-4-3-5-10-21)28(38)32(24)17-19-13-15-20(16-14-19)22-11-6-7-12-23(22)33-18-29-30-31-33/h3-7,9-16,18H,2,8,17H2,1H3,(H,36,37). The number of carbonyl (C=O) groups excluding carboxylic acids is 1. The predicted octanol–water partition coefficient (Wildman–Crippen LogP) is 3.68. The van der Waals surface area contributed by atoms with E-state index in [1.165, 1.54) is 10.9 Å². The molecule has 10 heteroatoms. The normalized spacial score (nSPS) is 11.0.